The molecular formula is C12H16N2O. The van der Waals surface area contributed by atoms with Crippen LogP contribution in [0.25, 0.3) is 0 Å². The SMILES string of the molecule is CCC(=O)N[C@@H]1CCc2c(N)cccc21. The number of anilines is 1. The monoisotopic (exact) mass is 204 g/mol. The van der Waals surface area contributed by atoms with E-state index in [1.807, 2.05) is 19.1 Å². The number of rotatable bonds is 2. The number of hydrogen-bond acceptors (Lipinski definition) is 2. The molecule has 0 aliphatic heterocycles. The van der Waals surface area contributed by atoms with Gasteiger partial charge in [0.1, 0.15) is 0 Å². The summed E-state index contributed by atoms with van der Waals surface area (Å²) in [5.74, 6) is 0.107. The van der Waals surface area contributed by atoms with Crippen LogP contribution < -0.4 is 11.1 Å². The predicted molar refractivity (Wildman–Crippen MR) is 60.4 cm³/mol. The largest absolute Gasteiger partial charge is 0.398 e. The van der Waals surface area contributed by atoms with Gasteiger partial charge in [0.2, 0.25) is 5.91 Å². The van der Waals surface area contributed by atoms with Gasteiger partial charge in [0.15, 0.2) is 0 Å². The Bertz CT molecular complexity index is 387. The maximum atomic E-state index is 11.3. The first-order valence-electron chi connectivity index (χ1n) is 5.39. The first kappa shape index (κ1) is 10.0. The van der Waals surface area contributed by atoms with E-state index in [1.54, 1.807) is 0 Å². The van der Waals surface area contributed by atoms with E-state index in [0.29, 0.717) is 6.42 Å². The molecule has 15 heavy (non-hydrogen) atoms. The number of nitrogens with one attached hydrogen (secondary N) is 1. The van der Waals surface area contributed by atoms with Gasteiger partial charge < -0.3 is 11.1 Å². The number of nitrogen functional groups attached to an aromatic ring is 1. The van der Waals surface area contributed by atoms with Crippen molar-refractivity contribution in [3.05, 3.63) is 29.3 Å². The van der Waals surface area contributed by atoms with Gasteiger partial charge in [-0.25, -0.2) is 0 Å². The summed E-state index contributed by atoms with van der Waals surface area (Å²) in [6, 6.07) is 6.09. The zero-order valence-corrected chi connectivity index (χ0v) is 8.92. The molecular weight excluding hydrogens is 188 g/mol. The minimum absolute atomic E-state index is 0.107. The molecule has 1 aromatic carbocycles. The lowest BCUT2D eigenvalue weighted by molar-refractivity contribution is -0.121. The Labute approximate surface area is 89.7 Å². The van der Waals surface area contributed by atoms with E-state index in [2.05, 4.69) is 11.4 Å². The van der Waals surface area contributed by atoms with Gasteiger partial charge in [0, 0.05) is 12.1 Å². The van der Waals surface area contributed by atoms with Gasteiger partial charge in [-0.2, -0.15) is 0 Å². The van der Waals surface area contributed by atoms with Crippen molar-refractivity contribution >= 4 is 11.6 Å². The van der Waals surface area contributed by atoms with E-state index in [1.165, 1.54) is 11.1 Å². The van der Waals surface area contributed by atoms with Crippen LogP contribution in [0.5, 0.6) is 0 Å². The highest BCUT2D eigenvalue weighted by Gasteiger charge is 2.24. The van der Waals surface area contributed by atoms with Crippen LogP contribution in [-0.4, -0.2) is 5.91 Å². The van der Waals surface area contributed by atoms with Crippen molar-refractivity contribution in [3.63, 3.8) is 0 Å². The fraction of sp³-hybridized carbons (Fsp3) is 0.417. The second kappa shape index (κ2) is 3.93. The minimum atomic E-state index is 0.107. The molecule has 1 amide bonds. The first-order chi connectivity index (χ1) is 7.22. The smallest absolute Gasteiger partial charge is 0.220 e. The summed E-state index contributed by atoms with van der Waals surface area (Å²) in [4.78, 5) is 11.3. The highest BCUT2D eigenvalue weighted by molar-refractivity contribution is 5.76. The topological polar surface area (TPSA) is 55.1 Å². The second-order valence-corrected chi connectivity index (χ2v) is 3.93. The van der Waals surface area contributed by atoms with Crippen LogP contribution in [0.2, 0.25) is 0 Å². The standard InChI is InChI=1S/C12H16N2O/c1-2-12(15)14-11-7-6-8-9(11)4-3-5-10(8)13/h3-5,11H,2,6-7,13H2,1H3,(H,14,15)/t11-/m1/s1. The van der Waals surface area contributed by atoms with Gasteiger partial charge in [-0.15, -0.1) is 0 Å². The number of carbonyl (C=O) groups is 1. The zero-order chi connectivity index (χ0) is 10.8. The number of hydrogen-bond donors (Lipinski definition) is 2. The van der Waals surface area contributed by atoms with Crippen molar-refractivity contribution < 1.29 is 4.79 Å². The predicted octanol–water partition coefficient (Wildman–Crippen LogP) is 1.78. The van der Waals surface area contributed by atoms with Crippen molar-refractivity contribution in [2.45, 2.75) is 32.2 Å². The lowest BCUT2D eigenvalue weighted by Crippen LogP contribution is -2.26. The summed E-state index contributed by atoms with van der Waals surface area (Å²) >= 11 is 0. The molecule has 0 radical (unpaired) electrons. The van der Waals surface area contributed by atoms with Gasteiger partial charge >= 0.3 is 0 Å². The molecule has 2 rings (SSSR count). The van der Waals surface area contributed by atoms with E-state index in [-0.39, 0.29) is 11.9 Å². The molecule has 1 aromatic rings. The van der Waals surface area contributed by atoms with Crippen molar-refractivity contribution in [1.82, 2.24) is 5.32 Å². The lowest BCUT2D eigenvalue weighted by Gasteiger charge is -2.13. The molecule has 3 N–H and O–H groups in total. The number of nitrogens with two attached hydrogens (primary N) is 1. The average molecular weight is 204 g/mol. The average Bonchev–Trinajstić information content (AvgIpc) is 2.63. The molecule has 1 aliphatic carbocycles. The molecule has 0 spiro atoms. The van der Waals surface area contributed by atoms with Crippen LogP contribution in [0.3, 0.4) is 0 Å². The summed E-state index contributed by atoms with van der Waals surface area (Å²) in [7, 11) is 0. The molecule has 80 valence electrons. The molecule has 1 aliphatic rings. The quantitative estimate of drug-likeness (QED) is 0.721. The maximum Gasteiger partial charge on any atom is 0.220 e. The number of carbonyl (C=O) groups excluding carboxylic acids is 1. The van der Waals surface area contributed by atoms with Crippen LogP contribution in [0.1, 0.15) is 36.9 Å². The van der Waals surface area contributed by atoms with Crippen LogP contribution in [0.15, 0.2) is 18.2 Å². The molecule has 0 heterocycles. The van der Waals surface area contributed by atoms with Gasteiger partial charge in [-0.05, 0) is 30.0 Å². The lowest BCUT2D eigenvalue weighted by atomic mass is 10.1. The highest BCUT2D eigenvalue weighted by Crippen LogP contribution is 2.34. The molecule has 1 atom stereocenters. The van der Waals surface area contributed by atoms with Crippen LogP contribution in [0.4, 0.5) is 5.69 Å². The van der Waals surface area contributed by atoms with Gasteiger partial charge in [0.25, 0.3) is 0 Å². The number of benzene rings is 1. The molecule has 0 saturated heterocycles. The Morgan fingerprint density at radius 1 is 1.60 bits per heavy atom. The summed E-state index contributed by atoms with van der Waals surface area (Å²) in [5, 5.41) is 3.02. The summed E-state index contributed by atoms with van der Waals surface area (Å²) in [6.07, 6.45) is 2.47. The maximum absolute atomic E-state index is 11.3. The van der Waals surface area contributed by atoms with E-state index in [0.717, 1.165) is 18.5 Å². The van der Waals surface area contributed by atoms with Gasteiger partial charge in [0.05, 0.1) is 6.04 Å². The van der Waals surface area contributed by atoms with Crippen LogP contribution in [-0.2, 0) is 11.2 Å². The van der Waals surface area contributed by atoms with Crippen molar-refractivity contribution in [2.75, 3.05) is 5.73 Å². The van der Waals surface area contributed by atoms with E-state index in [9.17, 15) is 4.79 Å². The minimum Gasteiger partial charge on any atom is -0.398 e. The Morgan fingerprint density at radius 3 is 3.13 bits per heavy atom. The molecule has 0 saturated carbocycles. The second-order valence-electron chi connectivity index (χ2n) is 3.93. The molecule has 0 unspecified atom stereocenters. The van der Waals surface area contributed by atoms with Crippen molar-refractivity contribution in [3.8, 4) is 0 Å². The summed E-state index contributed by atoms with van der Waals surface area (Å²) in [6.45, 7) is 1.87. The Kier molecular flexibility index (Phi) is 2.62. The summed E-state index contributed by atoms with van der Waals surface area (Å²) < 4.78 is 0. The molecule has 3 nitrogen and oxygen atoms in total. The normalized spacial score (nSPS) is 18.6. The molecule has 0 fully saturated rings. The highest BCUT2D eigenvalue weighted by atomic mass is 16.1. The third-order valence-corrected chi connectivity index (χ3v) is 2.96. The van der Waals surface area contributed by atoms with Crippen molar-refractivity contribution in [2.24, 2.45) is 0 Å². The summed E-state index contributed by atoms with van der Waals surface area (Å²) in [5.41, 5.74) is 9.13. The van der Waals surface area contributed by atoms with E-state index in [4.69, 9.17) is 5.73 Å². The Morgan fingerprint density at radius 2 is 2.40 bits per heavy atom. The fourth-order valence-corrected chi connectivity index (χ4v) is 2.13. The number of amides is 1. The molecule has 0 bridgehead atoms. The molecule has 0 aromatic heterocycles. The number of fused-ring (bicyclic) bond motifs is 1. The van der Waals surface area contributed by atoms with Crippen molar-refractivity contribution in [1.29, 1.82) is 0 Å². The third kappa shape index (κ3) is 1.82. The fourth-order valence-electron chi connectivity index (χ4n) is 2.13. The van der Waals surface area contributed by atoms with Crippen LogP contribution in [0, 0.1) is 0 Å². The third-order valence-electron chi connectivity index (χ3n) is 2.96. The van der Waals surface area contributed by atoms with Crippen LogP contribution >= 0.6 is 0 Å². The Hall–Kier alpha value is -1.51. The van der Waals surface area contributed by atoms with Gasteiger partial charge in [-0.1, -0.05) is 19.1 Å². The Balaban J connectivity index is 2.21. The molecule has 3 heteroatoms. The zero-order valence-electron chi connectivity index (χ0n) is 8.92. The van der Waals surface area contributed by atoms with Gasteiger partial charge in [-0.3, -0.25) is 4.79 Å². The first-order valence-corrected chi connectivity index (χ1v) is 5.39. The van der Waals surface area contributed by atoms with E-state index < -0.39 is 0 Å². The van der Waals surface area contributed by atoms with E-state index >= 15 is 0 Å².